The molecule has 0 radical (unpaired) electrons. The zero-order valence-corrected chi connectivity index (χ0v) is 10.2. The highest BCUT2D eigenvalue weighted by molar-refractivity contribution is 7.86. The average molecular weight is 259 g/mol. The highest BCUT2D eigenvalue weighted by atomic mass is 32.2. The molecular formula is C14H10FNOS. The summed E-state index contributed by atoms with van der Waals surface area (Å²) in [4.78, 5) is 0.425. The fourth-order valence-corrected chi connectivity index (χ4v) is 3.80. The molecule has 0 unspecified atom stereocenters. The maximum atomic E-state index is 13.2. The summed E-state index contributed by atoms with van der Waals surface area (Å²) >= 11 is 0. The Balaban J connectivity index is 2.13. The Hall–Kier alpha value is -1.81. The van der Waals surface area contributed by atoms with Gasteiger partial charge in [-0.15, -0.1) is 0 Å². The monoisotopic (exact) mass is 259 g/mol. The largest absolute Gasteiger partial charge is 0.303 e. The molecule has 0 fully saturated rings. The Morgan fingerprint density at radius 3 is 2.56 bits per heavy atom. The number of rotatable bonds is 1. The van der Waals surface area contributed by atoms with Crippen LogP contribution in [0.2, 0.25) is 0 Å². The number of halogens is 1. The second-order valence-electron chi connectivity index (χ2n) is 4.14. The molecule has 1 heterocycles. The minimum absolute atomic E-state index is 0.300. The van der Waals surface area contributed by atoms with Gasteiger partial charge in [-0.05, 0) is 23.8 Å². The van der Waals surface area contributed by atoms with E-state index in [0.29, 0.717) is 16.2 Å². The molecule has 1 N–H and O–H groups in total. The molecule has 90 valence electrons. The second kappa shape index (κ2) is 4.14. The molecule has 0 spiro atoms. The molecule has 2 nitrogen and oxygen atoms in total. The van der Waals surface area contributed by atoms with E-state index < -0.39 is 21.9 Å². The number of hydrogen-bond acceptors (Lipinski definition) is 2. The zero-order chi connectivity index (χ0) is 12.7. The summed E-state index contributed by atoms with van der Waals surface area (Å²) in [6, 6.07) is 13.4. The van der Waals surface area contributed by atoms with Crippen molar-refractivity contribution >= 4 is 16.5 Å². The van der Waals surface area contributed by atoms with Crippen molar-refractivity contribution in [1.29, 1.82) is 5.41 Å². The van der Waals surface area contributed by atoms with Gasteiger partial charge in [-0.3, -0.25) is 4.21 Å². The van der Waals surface area contributed by atoms with Gasteiger partial charge < -0.3 is 5.41 Å². The van der Waals surface area contributed by atoms with E-state index in [2.05, 4.69) is 0 Å². The molecule has 4 heteroatoms. The molecule has 0 aromatic heterocycles. The summed E-state index contributed by atoms with van der Waals surface area (Å²) in [6.45, 7) is 0. The lowest BCUT2D eigenvalue weighted by molar-refractivity contribution is 0.622. The Morgan fingerprint density at radius 1 is 1.11 bits per heavy atom. The van der Waals surface area contributed by atoms with Crippen LogP contribution < -0.4 is 0 Å². The Morgan fingerprint density at radius 2 is 1.83 bits per heavy atom. The zero-order valence-electron chi connectivity index (χ0n) is 9.39. The maximum Gasteiger partial charge on any atom is 0.124 e. The van der Waals surface area contributed by atoms with E-state index in [9.17, 15) is 8.60 Å². The van der Waals surface area contributed by atoms with E-state index in [4.69, 9.17) is 5.41 Å². The fraction of sp³-hybridized carbons (Fsp3) is 0.0714. The molecule has 0 saturated carbocycles. The van der Waals surface area contributed by atoms with Crippen LogP contribution in [0.25, 0.3) is 0 Å². The van der Waals surface area contributed by atoms with Crippen LogP contribution in [0, 0.1) is 11.2 Å². The van der Waals surface area contributed by atoms with Gasteiger partial charge in [-0.25, -0.2) is 4.39 Å². The smallest absolute Gasteiger partial charge is 0.124 e. The van der Waals surface area contributed by atoms with Gasteiger partial charge in [-0.2, -0.15) is 0 Å². The van der Waals surface area contributed by atoms with Gasteiger partial charge in [-0.1, -0.05) is 30.3 Å². The first kappa shape index (κ1) is 11.3. The Kier molecular flexibility index (Phi) is 2.59. The van der Waals surface area contributed by atoms with Crippen LogP contribution in [0.1, 0.15) is 16.4 Å². The summed E-state index contributed by atoms with van der Waals surface area (Å²) in [6.07, 6.45) is 0. The molecule has 3 rings (SSSR count). The third-order valence-corrected chi connectivity index (χ3v) is 4.74. The van der Waals surface area contributed by atoms with E-state index in [1.807, 2.05) is 30.3 Å². The molecule has 1 aliphatic heterocycles. The van der Waals surface area contributed by atoms with Crippen molar-refractivity contribution in [3.8, 4) is 0 Å². The van der Waals surface area contributed by atoms with Crippen molar-refractivity contribution in [2.24, 2.45) is 0 Å². The molecule has 0 amide bonds. The standard InChI is InChI=1S/C14H10FNOS/c15-10-6-7-11-12(8-10)18(17)14(13(11)16)9-4-2-1-3-5-9/h1-8,14,16H/t14-,18-/m1/s1. The lowest BCUT2D eigenvalue weighted by Crippen LogP contribution is -2.08. The van der Waals surface area contributed by atoms with Crippen LogP contribution in [0.3, 0.4) is 0 Å². The van der Waals surface area contributed by atoms with Gasteiger partial charge in [0.1, 0.15) is 11.1 Å². The minimum atomic E-state index is -1.39. The highest BCUT2D eigenvalue weighted by Crippen LogP contribution is 2.37. The first-order chi connectivity index (χ1) is 8.68. The van der Waals surface area contributed by atoms with E-state index in [-0.39, 0.29) is 0 Å². The molecule has 2 aromatic carbocycles. The van der Waals surface area contributed by atoms with Crippen LogP contribution >= 0.6 is 0 Å². The first-order valence-electron chi connectivity index (χ1n) is 5.52. The van der Waals surface area contributed by atoms with Crippen molar-refractivity contribution in [1.82, 2.24) is 0 Å². The van der Waals surface area contributed by atoms with Crippen molar-refractivity contribution in [2.75, 3.05) is 0 Å². The van der Waals surface area contributed by atoms with Gasteiger partial charge in [0.25, 0.3) is 0 Å². The van der Waals surface area contributed by atoms with Crippen LogP contribution in [0.4, 0.5) is 4.39 Å². The minimum Gasteiger partial charge on any atom is -0.303 e. The van der Waals surface area contributed by atoms with Crippen molar-refractivity contribution in [3.63, 3.8) is 0 Å². The van der Waals surface area contributed by atoms with Crippen molar-refractivity contribution in [2.45, 2.75) is 10.1 Å². The molecule has 0 bridgehead atoms. The predicted molar refractivity (Wildman–Crippen MR) is 68.8 cm³/mol. The van der Waals surface area contributed by atoms with Gasteiger partial charge in [0.2, 0.25) is 0 Å². The number of nitrogens with one attached hydrogen (secondary N) is 1. The topological polar surface area (TPSA) is 40.9 Å². The first-order valence-corrected chi connectivity index (χ1v) is 6.73. The lowest BCUT2D eigenvalue weighted by Gasteiger charge is -2.08. The van der Waals surface area contributed by atoms with E-state index in [1.54, 1.807) is 0 Å². The van der Waals surface area contributed by atoms with Crippen LogP contribution in [-0.2, 0) is 10.8 Å². The molecular weight excluding hydrogens is 249 g/mol. The summed E-state index contributed by atoms with van der Waals surface area (Å²) in [5, 5.41) is 7.63. The van der Waals surface area contributed by atoms with E-state index in [1.165, 1.54) is 18.2 Å². The van der Waals surface area contributed by atoms with Gasteiger partial charge >= 0.3 is 0 Å². The molecule has 2 aromatic rings. The summed E-state index contributed by atoms with van der Waals surface area (Å²) in [5.41, 5.74) is 1.72. The number of benzene rings is 2. The summed E-state index contributed by atoms with van der Waals surface area (Å²) in [7, 11) is -1.39. The molecule has 0 saturated heterocycles. The van der Waals surface area contributed by atoms with Crippen molar-refractivity contribution < 1.29 is 8.60 Å². The third kappa shape index (κ3) is 1.61. The van der Waals surface area contributed by atoms with Crippen LogP contribution in [0.5, 0.6) is 0 Å². The van der Waals surface area contributed by atoms with E-state index >= 15 is 0 Å². The maximum absolute atomic E-state index is 13.2. The normalized spacial score (nSPS) is 21.9. The third-order valence-electron chi connectivity index (χ3n) is 3.03. The molecule has 18 heavy (non-hydrogen) atoms. The quantitative estimate of drug-likeness (QED) is 0.840. The van der Waals surface area contributed by atoms with Gasteiger partial charge in [0.05, 0.1) is 21.4 Å². The summed E-state index contributed by atoms with van der Waals surface area (Å²) in [5.74, 6) is -0.413. The lowest BCUT2D eigenvalue weighted by atomic mass is 10.0. The van der Waals surface area contributed by atoms with Crippen LogP contribution in [-0.4, -0.2) is 9.92 Å². The Bertz CT molecular complexity index is 654. The number of fused-ring (bicyclic) bond motifs is 1. The Labute approximate surface area is 106 Å². The predicted octanol–water partition coefficient (Wildman–Crippen LogP) is 3.06. The molecule has 1 aliphatic rings. The average Bonchev–Trinajstić information content (AvgIpc) is 2.63. The molecule has 0 aliphatic carbocycles. The van der Waals surface area contributed by atoms with Gasteiger partial charge in [0.15, 0.2) is 0 Å². The fourth-order valence-electron chi connectivity index (χ4n) is 2.18. The highest BCUT2D eigenvalue weighted by Gasteiger charge is 2.35. The van der Waals surface area contributed by atoms with Crippen molar-refractivity contribution in [3.05, 3.63) is 65.5 Å². The molecule has 2 atom stereocenters. The van der Waals surface area contributed by atoms with Gasteiger partial charge in [0, 0.05) is 5.56 Å². The number of hydrogen-bond donors (Lipinski definition) is 1. The van der Waals surface area contributed by atoms with Crippen LogP contribution in [0.15, 0.2) is 53.4 Å². The SMILES string of the molecule is N=C1c2ccc(F)cc2[S@@](=O)[C@@H]1c1ccccc1. The second-order valence-corrected chi connectivity index (χ2v) is 5.65. The summed E-state index contributed by atoms with van der Waals surface area (Å²) < 4.78 is 25.6. The van der Waals surface area contributed by atoms with E-state index in [0.717, 1.165) is 5.56 Å².